The number of hydrogen-bond donors (Lipinski definition) is 4. The van der Waals surface area contributed by atoms with Crippen LogP contribution in [0.25, 0.3) is 22.3 Å². The molecule has 2 unspecified atom stereocenters. The van der Waals surface area contributed by atoms with E-state index in [1.165, 1.54) is 16.2 Å². The van der Waals surface area contributed by atoms with E-state index in [4.69, 9.17) is 24.2 Å². The lowest BCUT2D eigenvalue weighted by Gasteiger charge is -2.36. The van der Waals surface area contributed by atoms with Gasteiger partial charge in [0, 0.05) is 47.4 Å². The average molecular weight is 839 g/mol. The number of alkyl carbamates (subject to hydrolysis) is 1. The Morgan fingerprint density at radius 3 is 2.52 bits per heavy atom. The molecule has 0 spiro atoms. The van der Waals surface area contributed by atoms with Crippen molar-refractivity contribution in [3.8, 4) is 22.9 Å². The van der Waals surface area contributed by atoms with Gasteiger partial charge in [0.15, 0.2) is 5.13 Å². The standard InChI is InChI=1S/C42H59N6O8PS/c1-9-11-18-57(52,53)42(22-26(42)10-2)47-37(49)34-20-29(23-48(34)38(50)36(41(5,6)7)46-40(51)56-27-14-12-13-15-27)55-35-21-32(33-24-58-39(45-33)43-25(3)4)44-31-19-28(54-8)16-17-30(31)35/h10,16-17,19,21,24-27,29,34,36H,2,9,11-15,18,20,22-23H2,1,3-8H3,(H,43,45)(H,46,51)(H,47,49)(H,52,53)/t26-,29?,34+,36-,42+/m1/s1. The van der Waals surface area contributed by atoms with Crippen molar-refractivity contribution in [1.82, 2.24) is 25.5 Å². The third-order valence-corrected chi connectivity index (χ3v) is 14.9. The Hall–Kier alpha value is -4.20. The van der Waals surface area contributed by atoms with E-state index in [9.17, 15) is 23.8 Å². The lowest BCUT2D eigenvalue weighted by atomic mass is 9.85. The van der Waals surface area contributed by atoms with E-state index < -0.39 is 60.1 Å². The van der Waals surface area contributed by atoms with Crippen LogP contribution in [0, 0.1) is 11.3 Å². The summed E-state index contributed by atoms with van der Waals surface area (Å²) in [5, 5.41) is 11.1. The Bertz CT molecular complexity index is 2050. The first-order valence-corrected chi connectivity index (χ1v) is 23.1. The summed E-state index contributed by atoms with van der Waals surface area (Å²) >= 11 is 1.47. The van der Waals surface area contributed by atoms with Gasteiger partial charge in [-0.15, -0.1) is 17.9 Å². The number of carbonyl (C=O) groups is 3. The van der Waals surface area contributed by atoms with Crippen LogP contribution in [0.4, 0.5) is 9.93 Å². The molecule has 16 heteroatoms. The molecule has 2 aromatic heterocycles. The van der Waals surface area contributed by atoms with Gasteiger partial charge in [0.25, 0.3) is 0 Å². The van der Waals surface area contributed by atoms with Crippen molar-refractivity contribution in [3.05, 3.63) is 42.3 Å². The Morgan fingerprint density at radius 2 is 1.88 bits per heavy atom. The molecule has 1 aliphatic heterocycles. The number of amides is 3. The van der Waals surface area contributed by atoms with Crippen molar-refractivity contribution in [2.75, 3.05) is 25.1 Å². The molecule has 14 nitrogen and oxygen atoms in total. The van der Waals surface area contributed by atoms with Gasteiger partial charge in [-0.05, 0) is 69.9 Å². The molecule has 1 aromatic carbocycles. The number of benzene rings is 1. The van der Waals surface area contributed by atoms with E-state index in [2.05, 4.69) is 22.5 Å². The maximum atomic E-state index is 14.8. The average Bonchev–Trinajstić information content (AvgIpc) is 3.57. The Kier molecular flexibility index (Phi) is 13.1. The number of ether oxygens (including phenoxy) is 3. The largest absolute Gasteiger partial charge is 0.497 e. The van der Waals surface area contributed by atoms with Crippen molar-refractivity contribution in [3.63, 3.8) is 0 Å². The predicted octanol–water partition coefficient (Wildman–Crippen LogP) is 7.71. The highest BCUT2D eigenvalue weighted by Crippen LogP contribution is 2.69. The summed E-state index contributed by atoms with van der Waals surface area (Å²) in [6.07, 6.45) is 5.17. The predicted molar refractivity (Wildman–Crippen MR) is 227 cm³/mol. The van der Waals surface area contributed by atoms with E-state index in [1.807, 2.05) is 71.2 Å². The van der Waals surface area contributed by atoms with Crippen molar-refractivity contribution in [1.29, 1.82) is 0 Å². The number of likely N-dealkylation sites (tertiary alicyclic amines) is 1. The molecule has 2 aliphatic carbocycles. The maximum Gasteiger partial charge on any atom is 0.408 e. The van der Waals surface area contributed by atoms with Gasteiger partial charge in [-0.3, -0.25) is 14.2 Å². The van der Waals surface area contributed by atoms with Gasteiger partial charge >= 0.3 is 6.09 Å². The van der Waals surface area contributed by atoms with E-state index in [-0.39, 0.29) is 37.7 Å². The number of aromatic nitrogens is 2. The Balaban J connectivity index is 1.34. The summed E-state index contributed by atoms with van der Waals surface area (Å²) in [6, 6.07) is 5.34. The molecule has 316 valence electrons. The molecule has 6 atom stereocenters. The molecule has 0 bridgehead atoms. The van der Waals surface area contributed by atoms with Crippen LogP contribution in [0.1, 0.15) is 92.9 Å². The minimum Gasteiger partial charge on any atom is -0.497 e. The monoisotopic (exact) mass is 838 g/mol. The summed E-state index contributed by atoms with van der Waals surface area (Å²) in [7, 11) is -2.29. The third-order valence-electron chi connectivity index (χ3n) is 11.3. The highest BCUT2D eigenvalue weighted by molar-refractivity contribution is 7.60. The summed E-state index contributed by atoms with van der Waals surface area (Å²) in [6.45, 7) is 15.4. The van der Waals surface area contributed by atoms with Crippen LogP contribution in [0.5, 0.6) is 11.5 Å². The minimum atomic E-state index is -3.87. The van der Waals surface area contributed by atoms with Crippen LogP contribution in [0.2, 0.25) is 0 Å². The van der Waals surface area contributed by atoms with Crippen LogP contribution in [0.3, 0.4) is 0 Å². The van der Waals surface area contributed by atoms with Gasteiger partial charge in [0.05, 0.1) is 24.9 Å². The van der Waals surface area contributed by atoms with Crippen LogP contribution >= 0.6 is 18.7 Å². The zero-order chi connectivity index (χ0) is 42.0. The summed E-state index contributed by atoms with van der Waals surface area (Å²) in [5.41, 5.74) is 1.05. The lowest BCUT2D eigenvalue weighted by molar-refractivity contribution is -0.142. The molecule has 1 saturated heterocycles. The van der Waals surface area contributed by atoms with E-state index in [1.54, 1.807) is 13.2 Å². The fourth-order valence-electron chi connectivity index (χ4n) is 7.97. The van der Waals surface area contributed by atoms with Gasteiger partial charge < -0.3 is 40.0 Å². The van der Waals surface area contributed by atoms with Gasteiger partial charge in [-0.2, -0.15) is 0 Å². The number of nitrogens with one attached hydrogen (secondary N) is 3. The second-order valence-electron chi connectivity index (χ2n) is 17.2. The molecule has 3 heterocycles. The molecule has 6 rings (SSSR count). The molecule has 3 aliphatic rings. The molecule has 58 heavy (non-hydrogen) atoms. The highest BCUT2D eigenvalue weighted by atomic mass is 32.1. The van der Waals surface area contributed by atoms with E-state index in [0.717, 1.165) is 37.2 Å². The van der Waals surface area contributed by atoms with Crippen LogP contribution in [-0.2, 0) is 18.9 Å². The van der Waals surface area contributed by atoms with Gasteiger partial charge in [0.2, 0.25) is 19.2 Å². The number of methoxy groups -OCH3 is 1. The van der Waals surface area contributed by atoms with E-state index >= 15 is 0 Å². The van der Waals surface area contributed by atoms with Crippen LogP contribution < -0.4 is 25.4 Å². The summed E-state index contributed by atoms with van der Waals surface area (Å²) < 4.78 is 31.9. The summed E-state index contributed by atoms with van der Waals surface area (Å²) in [5.74, 6) is -0.354. The maximum absolute atomic E-state index is 14.8. The number of nitrogens with zero attached hydrogens (tertiary/aromatic N) is 3. The number of pyridine rings is 1. The van der Waals surface area contributed by atoms with Crippen LogP contribution in [0.15, 0.2) is 42.3 Å². The fraction of sp³-hybridized carbons (Fsp3) is 0.595. The number of anilines is 1. The highest BCUT2D eigenvalue weighted by Gasteiger charge is 2.65. The number of carbonyl (C=O) groups excluding carboxylic acids is 3. The molecular weight excluding hydrogens is 780 g/mol. The molecule has 4 N–H and O–H groups in total. The lowest BCUT2D eigenvalue weighted by Crippen LogP contribution is -2.58. The molecule has 0 radical (unpaired) electrons. The number of fused-ring (bicyclic) bond motifs is 1. The van der Waals surface area contributed by atoms with Gasteiger partial charge in [0.1, 0.15) is 46.8 Å². The van der Waals surface area contributed by atoms with Crippen molar-refractivity contribution in [2.45, 2.75) is 129 Å². The summed E-state index contributed by atoms with van der Waals surface area (Å²) in [4.78, 5) is 65.0. The smallest absolute Gasteiger partial charge is 0.408 e. The number of hydrogen-bond acceptors (Lipinski definition) is 11. The minimum absolute atomic E-state index is 0.00181. The first-order chi connectivity index (χ1) is 27.5. The number of rotatable bonds is 16. The molecule has 3 fully saturated rings. The SMILES string of the molecule is C=C[C@@H]1C[C@]1(NC(=O)[C@@H]1CC(Oc2cc(-c3csc(NC(C)C)n3)nc3cc(OC)ccc23)CN1C(=O)[C@@H](NC(=O)OC1CCCC1)C(C)(C)C)P(=O)(O)CCCC. The van der Waals surface area contributed by atoms with Gasteiger partial charge in [-0.25, -0.2) is 14.8 Å². The topological polar surface area (TPSA) is 181 Å². The fourth-order valence-corrected chi connectivity index (χ4v) is 11.4. The second kappa shape index (κ2) is 17.6. The molecule has 3 aromatic rings. The molecular formula is C42H59N6O8PS. The van der Waals surface area contributed by atoms with Crippen LogP contribution in [-0.4, -0.2) is 93.1 Å². The number of thiazole rings is 1. The third kappa shape index (κ3) is 9.47. The van der Waals surface area contributed by atoms with Crippen molar-refractivity contribution < 1.29 is 38.1 Å². The van der Waals surface area contributed by atoms with Crippen molar-refractivity contribution in [2.24, 2.45) is 11.3 Å². The molecule has 2 saturated carbocycles. The Morgan fingerprint density at radius 1 is 1.14 bits per heavy atom. The molecule has 3 amide bonds. The quantitative estimate of drug-likeness (QED) is 0.0820. The normalized spacial score (nSPS) is 23.6. The first-order valence-electron chi connectivity index (χ1n) is 20.4. The van der Waals surface area contributed by atoms with E-state index in [0.29, 0.717) is 40.2 Å². The Labute approximate surface area is 345 Å². The first kappa shape index (κ1) is 43.4. The zero-order valence-corrected chi connectivity index (χ0v) is 36.4. The number of unbranched alkanes of at least 4 members (excludes halogenated alkanes) is 1. The second-order valence-corrected chi connectivity index (χ2v) is 20.7. The zero-order valence-electron chi connectivity index (χ0n) is 34.7. The van der Waals surface area contributed by atoms with Gasteiger partial charge in [-0.1, -0.05) is 40.2 Å². The van der Waals surface area contributed by atoms with Crippen molar-refractivity contribution >= 4 is 52.6 Å².